The molecule has 1 amide bonds. The summed E-state index contributed by atoms with van der Waals surface area (Å²) in [4.78, 5) is 17.9. The summed E-state index contributed by atoms with van der Waals surface area (Å²) in [6.45, 7) is 1.54. The highest BCUT2D eigenvalue weighted by atomic mass is 32.1. The van der Waals surface area contributed by atoms with Crippen LogP contribution in [0.1, 0.15) is 19.3 Å². The van der Waals surface area contributed by atoms with Crippen molar-refractivity contribution in [3.8, 4) is 5.75 Å². The summed E-state index contributed by atoms with van der Waals surface area (Å²) in [6, 6.07) is 3.89. The Balaban J connectivity index is 1.56. The molecule has 1 fully saturated rings. The van der Waals surface area contributed by atoms with Crippen molar-refractivity contribution in [1.29, 1.82) is 0 Å². The summed E-state index contributed by atoms with van der Waals surface area (Å²) in [5.74, 6) is 1.66. The van der Waals surface area contributed by atoms with Crippen molar-refractivity contribution in [3.63, 3.8) is 0 Å². The van der Waals surface area contributed by atoms with Crippen LogP contribution in [0.4, 0.5) is 0 Å². The monoisotopic (exact) mass is 305 g/mol. The second-order valence-electron chi connectivity index (χ2n) is 5.23. The van der Waals surface area contributed by atoms with Crippen LogP contribution in [0, 0.1) is 0 Å². The standard InChI is InChI=1S/C15H19N3O2S/c19-15(5-10-21)17-7-3-12(4-8-17)20-13-1-2-14-16-6-9-18(14)11-13/h1-2,6,9,11-12,21H,3-5,7-8,10H2. The van der Waals surface area contributed by atoms with E-state index in [1.54, 1.807) is 6.20 Å². The third kappa shape index (κ3) is 3.32. The molecular weight excluding hydrogens is 286 g/mol. The lowest BCUT2D eigenvalue weighted by Crippen LogP contribution is -2.41. The fraction of sp³-hybridized carbons (Fsp3) is 0.467. The number of nitrogens with zero attached hydrogens (tertiary/aromatic N) is 3. The molecule has 1 aliphatic rings. The van der Waals surface area contributed by atoms with Crippen LogP contribution in [0.5, 0.6) is 5.75 Å². The zero-order valence-corrected chi connectivity index (χ0v) is 12.7. The SMILES string of the molecule is O=C(CCS)N1CCC(Oc2ccc3nccn3c2)CC1. The Labute approximate surface area is 129 Å². The van der Waals surface area contributed by atoms with E-state index >= 15 is 0 Å². The number of rotatable bonds is 4. The lowest BCUT2D eigenvalue weighted by molar-refractivity contribution is -0.132. The summed E-state index contributed by atoms with van der Waals surface area (Å²) in [6.07, 6.45) is 8.06. The smallest absolute Gasteiger partial charge is 0.223 e. The van der Waals surface area contributed by atoms with Gasteiger partial charge in [0.15, 0.2) is 0 Å². The molecule has 0 N–H and O–H groups in total. The van der Waals surface area contributed by atoms with Crippen LogP contribution >= 0.6 is 12.6 Å². The largest absolute Gasteiger partial charge is 0.489 e. The molecule has 21 heavy (non-hydrogen) atoms. The highest BCUT2D eigenvalue weighted by Gasteiger charge is 2.23. The summed E-state index contributed by atoms with van der Waals surface area (Å²) >= 11 is 4.11. The molecular formula is C15H19N3O2S. The fourth-order valence-electron chi connectivity index (χ4n) is 2.64. The number of imidazole rings is 1. The first-order valence-electron chi connectivity index (χ1n) is 7.24. The molecule has 1 saturated heterocycles. The summed E-state index contributed by atoms with van der Waals surface area (Å²) in [5, 5.41) is 0. The topological polar surface area (TPSA) is 46.8 Å². The Bertz CT molecular complexity index is 620. The minimum atomic E-state index is 0.172. The number of fused-ring (bicyclic) bond motifs is 1. The number of hydrogen-bond acceptors (Lipinski definition) is 4. The van der Waals surface area contributed by atoms with Crippen molar-refractivity contribution in [1.82, 2.24) is 14.3 Å². The van der Waals surface area contributed by atoms with E-state index in [0.717, 1.165) is 37.3 Å². The van der Waals surface area contributed by atoms with Crippen LogP contribution in [0.3, 0.4) is 0 Å². The summed E-state index contributed by atoms with van der Waals surface area (Å²) in [7, 11) is 0. The van der Waals surface area contributed by atoms with Gasteiger partial charge in [-0.15, -0.1) is 0 Å². The van der Waals surface area contributed by atoms with E-state index < -0.39 is 0 Å². The van der Waals surface area contributed by atoms with Crippen LogP contribution in [0.15, 0.2) is 30.7 Å². The van der Waals surface area contributed by atoms with Gasteiger partial charge in [0.2, 0.25) is 5.91 Å². The van der Waals surface area contributed by atoms with Gasteiger partial charge < -0.3 is 14.0 Å². The number of piperidine rings is 1. The molecule has 0 bridgehead atoms. The van der Waals surface area contributed by atoms with E-state index in [-0.39, 0.29) is 12.0 Å². The third-order valence-corrected chi connectivity index (χ3v) is 4.01. The molecule has 2 aromatic heterocycles. The molecule has 2 aromatic rings. The molecule has 0 spiro atoms. The van der Waals surface area contributed by atoms with E-state index in [1.807, 2.05) is 33.8 Å². The number of pyridine rings is 1. The molecule has 6 heteroatoms. The number of hydrogen-bond donors (Lipinski definition) is 1. The van der Waals surface area contributed by atoms with Crippen molar-refractivity contribution in [2.45, 2.75) is 25.4 Å². The van der Waals surface area contributed by atoms with E-state index in [4.69, 9.17) is 4.74 Å². The lowest BCUT2D eigenvalue weighted by atomic mass is 10.1. The quantitative estimate of drug-likeness (QED) is 0.879. The Kier molecular flexibility index (Phi) is 4.34. The summed E-state index contributed by atoms with van der Waals surface area (Å²) < 4.78 is 7.96. The van der Waals surface area contributed by atoms with E-state index in [9.17, 15) is 4.79 Å². The van der Waals surface area contributed by atoms with Crippen molar-refractivity contribution in [2.24, 2.45) is 0 Å². The zero-order valence-electron chi connectivity index (χ0n) is 11.8. The number of aromatic nitrogens is 2. The molecule has 1 aliphatic heterocycles. The van der Waals surface area contributed by atoms with Crippen molar-refractivity contribution < 1.29 is 9.53 Å². The second kappa shape index (κ2) is 6.39. The fourth-order valence-corrected chi connectivity index (χ4v) is 2.83. The lowest BCUT2D eigenvalue weighted by Gasteiger charge is -2.32. The number of ether oxygens (including phenoxy) is 1. The maximum atomic E-state index is 11.8. The predicted octanol–water partition coefficient (Wildman–Crippen LogP) is 2.02. The van der Waals surface area contributed by atoms with Gasteiger partial charge in [-0.1, -0.05) is 0 Å². The third-order valence-electron chi connectivity index (χ3n) is 3.78. The number of carbonyl (C=O) groups is 1. The van der Waals surface area contributed by atoms with Crippen molar-refractivity contribution in [3.05, 3.63) is 30.7 Å². The van der Waals surface area contributed by atoms with Gasteiger partial charge in [0.05, 0.1) is 6.20 Å². The highest BCUT2D eigenvalue weighted by Crippen LogP contribution is 2.20. The predicted molar refractivity (Wildman–Crippen MR) is 83.9 cm³/mol. The minimum absolute atomic E-state index is 0.172. The maximum Gasteiger partial charge on any atom is 0.223 e. The maximum absolute atomic E-state index is 11.8. The van der Waals surface area contributed by atoms with E-state index in [0.29, 0.717) is 12.2 Å². The van der Waals surface area contributed by atoms with Gasteiger partial charge in [0, 0.05) is 44.7 Å². The second-order valence-corrected chi connectivity index (χ2v) is 5.68. The first-order valence-corrected chi connectivity index (χ1v) is 7.87. The number of amides is 1. The van der Waals surface area contributed by atoms with Gasteiger partial charge >= 0.3 is 0 Å². The zero-order chi connectivity index (χ0) is 14.7. The van der Waals surface area contributed by atoms with E-state index in [1.165, 1.54) is 0 Å². The molecule has 3 rings (SSSR count). The molecule has 0 atom stereocenters. The van der Waals surface area contributed by atoms with Crippen LogP contribution in [0.2, 0.25) is 0 Å². The van der Waals surface area contributed by atoms with Crippen LogP contribution in [-0.2, 0) is 4.79 Å². The first kappa shape index (κ1) is 14.3. The van der Waals surface area contributed by atoms with Crippen molar-refractivity contribution in [2.75, 3.05) is 18.8 Å². The van der Waals surface area contributed by atoms with Gasteiger partial charge in [-0.25, -0.2) is 4.98 Å². The normalized spacial score (nSPS) is 16.3. The Morgan fingerprint density at radius 1 is 1.38 bits per heavy atom. The van der Waals surface area contributed by atoms with Crippen LogP contribution in [-0.4, -0.2) is 45.1 Å². The van der Waals surface area contributed by atoms with E-state index in [2.05, 4.69) is 17.6 Å². The van der Waals surface area contributed by atoms with Crippen LogP contribution in [0.25, 0.3) is 5.65 Å². The van der Waals surface area contributed by atoms with Gasteiger partial charge in [-0.05, 0) is 17.9 Å². The average Bonchev–Trinajstić information content (AvgIpc) is 2.96. The molecule has 0 aliphatic carbocycles. The first-order chi connectivity index (χ1) is 10.3. The Morgan fingerprint density at radius 2 is 2.19 bits per heavy atom. The molecule has 0 radical (unpaired) electrons. The van der Waals surface area contributed by atoms with Crippen molar-refractivity contribution >= 4 is 24.2 Å². The summed E-state index contributed by atoms with van der Waals surface area (Å²) in [5.41, 5.74) is 0.912. The Morgan fingerprint density at radius 3 is 2.95 bits per heavy atom. The molecule has 0 aromatic carbocycles. The molecule has 0 unspecified atom stereocenters. The molecule has 5 nitrogen and oxygen atoms in total. The van der Waals surface area contributed by atoms with Gasteiger partial charge in [0.25, 0.3) is 0 Å². The number of likely N-dealkylation sites (tertiary alicyclic amines) is 1. The van der Waals surface area contributed by atoms with Gasteiger partial charge in [-0.2, -0.15) is 12.6 Å². The number of carbonyl (C=O) groups excluding carboxylic acids is 1. The number of thiol groups is 1. The molecule has 112 valence electrons. The highest BCUT2D eigenvalue weighted by molar-refractivity contribution is 7.80. The van der Waals surface area contributed by atoms with Gasteiger partial charge in [-0.3, -0.25) is 4.79 Å². The van der Waals surface area contributed by atoms with Crippen LogP contribution < -0.4 is 4.74 Å². The average molecular weight is 305 g/mol. The molecule has 0 saturated carbocycles. The van der Waals surface area contributed by atoms with Gasteiger partial charge in [0.1, 0.15) is 17.5 Å². The molecule has 3 heterocycles. The Hall–Kier alpha value is -1.69. The minimum Gasteiger partial charge on any atom is -0.489 e.